The van der Waals surface area contributed by atoms with Crippen LogP contribution in [0.3, 0.4) is 0 Å². The Balaban J connectivity index is 0.000000162. The summed E-state index contributed by atoms with van der Waals surface area (Å²) in [7, 11) is 3.52. The first-order valence-electron chi connectivity index (χ1n) is 19.0. The summed E-state index contributed by atoms with van der Waals surface area (Å²) in [6.45, 7) is 3.22. The van der Waals surface area contributed by atoms with E-state index in [1.807, 2.05) is 36.4 Å². The molecule has 4 aromatic carbocycles. The second kappa shape index (κ2) is 16.1. The number of rotatable bonds is 8. The molecule has 0 bridgehead atoms. The number of alkyl halides is 4. The van der Waals surface area contributed by atoms with Gasteiger partial charge in [0.05, 0.1) is 23.7 Å². The number of aryl methyl sites for hydroxylation is 4. The molecule has 0 saturated carbocycles. The van der Waals surface area contributed by atoms with Crippen LogP contribution < -0.4 is 18.9 Å². The van der Waals surface area contributed by atoms with Crippen LogP contribution in [0.4, 0.5) is 17.6 Å². The summed E-state index contributed by atoms with van der Waals surface area (Å²) in [5, 5.41) is 18.0. The first-order chi connectivity index (χ1) is 30.5. The molecule has 0 fully saturated rings. The first-order valence-corrected chi connectivity index (χ1v) is 20.6. The molecule has 1 N–H and O–H groups in total. The molecule has 0 unspecified atom stereocenters. The number of fused-ring (bicyclic) bond motifs is 2. The van der Waals surface area contributed by atoms with Crippen molar-refractivity contribution in [3.05, 3.63) is 117 Å². The number of oxazole rings is 2. The van der Waals surface area contributed by atoms with Gasteiger partial charge in [0.15, 0.2) is 52.6 Å². The van der Waals surface area contributed by atoms with Crippen molar-refractivity contribution in [1.82, 2.24) is 29.5 Å². The van der Waals surface area contributed by atoms with Crippen molar-refractivity contribution in [3.8, 4) is 90.7 Å². The van der Waals surface area contributed by atoms with Crippen molar-refractivity contribution in [3.63, 3.8) is 0 Å². The minimum Gasteiger partial charge on any atom is -0.440 e. The summed E-state index contributed by atoms with van der Waals surface area (Å²) in [5.41, 5.74) is 7.18. The summed E-state index contributed by atoms with van der Waals surface area (Å²) in [6, 6.07) is 23.6. The van der Waals surface area contributed by atoms with E-state index in [0.29, 0.717) is 80.3 Å². The molecule has 2 aliphatic heterocycles. The van der Waals surface area contributed by atoms with Gasteiger partial charge in [0.1, 0.15) is 17.1 Å². The minimum absolute atomic E-state index is 0.0462. The highest BCUT2D eigenvalue weighted by atomic mass is 79.9. The van der Waals surface area contributed by atoms with Gasteiger partial charge in [-0.3, -0.25) is 14.2 Å². The Morgan fingerprint density at radius 1 is 0.609 bits per heavy atom. The number of carbonyl (C=O) groups is 1. The third-order valence-electron chi connectivity index (χ3n) is 9.93. The number of benzene rings is 4. The van der Waals surface area contributed by atoms with Gasteiger partial charge < -0.3 is 32.9 Å². The lowest BCUT2D eigenvalue weighted by molar-refractivity contribution is -0.287. The van der Waals surface area contributed by atoms with E-state index in [1.54, 1.807) is 61.6 Å². The van der Waals surface area contributed by atoms with Gasteiger partial charge in [0.25, 0.3) is 0 Å². The SMILES string of the molecule is Cc1nc(-c2ccc3c(c2)OC(F)(F)O3)c(-c2cc(Br)ccc2-c2cc(C=O)nn2C)o1.Cc1nc(-c2ccc3c(c2)OC(F)(F)O3)c(-c2cc(Br)ccc2-c2cc(CO)nn2C)o1. The Kier molecular flexibility index (Phi) is 10.7. The molecular weight excluding hydrogens is 976 g/mol. The van der Waals surface area contributed by atoms with Gasteiger partial charge in [0, 0.05) is 70.3 Å². The molecular formula is C44H30Br2F4N6O8. The Labute approximate surface area is 376 Å². The van der Waals surface area contributed by atoms with Gasteiger partial charge in [-0.15, -0.1) is 17.6 Å². The number of aromatic nitrogens is 6. The van der Waals surface area contributed by atoms with Crippen molar-refractivity contribution in [2.45, 2.75) is 33.0 Å². The van der Waals surface area contributed by atoms with E-state index in [4.69, 9.17) is 8.83 Å². The Morgan fingerprint density at radius 3 is 1.50 bits per heavy atom. The van der Waals surface area contributed by atoms with Gasteiger partial charge in [-0.2, -0.15) is 10.2 Å². The average Bonchev–Trinajstić information content (AvgIpc) is 4.10. The lowest BCUT2D eigenvalue weighted by Gasteiger charge is -2.10. The second-order valence-electron chi connectivity index (χ2n) is 14.4. The maximum atomic E-state index is 13.5. The average molecular weight is 1010 g/mol. The zero-order valence-corrected chi connectivity index (χ0v) is 36.8. The van der Waals surface area contributed by atoms with Crippen molar-refractivity contribution in [2.24, 2.45) is 14.1 Å². The van der Waals surface area contributed by atoms with Crippen LogP contribution in [0.25, 0.3) is 67.7 Å². The number of halogens is 6. The quantitative estimate of drug-likeness (QED) is 0.113. The number of hydrogen-bond donors (Lipinski definition) is 1. The summed E-state index contributed by atoms with van der Waals surface area (Å²) in [4.78, 5) is 20.2. The lowest BCUT2D eigenvalue weighted by Crippen LogP contribution is -2.25. The van der Waals surface area contributed by atoms with Crippen LogP contribution in [0.15, 0.2) is 103 Å². The Hall–Kier alpha value is -6.77. The van der Waals surface area contributed by atoms with E-state index >= 15 is 0 Å². The molecule has 0 radical (unpaired) electrons. The third-order valence-corrected chi connectivity index (χ3v) is 10.9. The fourth-order valence-electron chi connectivity index (χ4n) is 7.31. The summed E-state index contributed by atoms with van der Waals surface area (Å²) in [6.07, 6.45) is -6.74. The van der Waals surface area contributed by atoms with Crippen molar-refractivity contribution in [1.29, 1.82) is 0 Å². The fraction of sp³-hybridized carbons (Fsp3) is 0.159. The molecule has 64 heavy (non-hydrogen) atoms. The van der Waals surface area contributed by atoms with E-state index in [9.17, 15) is 27.5 Å². The summed E-state index contributed by atoms with van der Waals surface area (Å²) in [5.74, 6) is 1.42. The van der Waals surface area contributed by atoms with E-state index in [-0.39, 0.29) is 29.6 Å². The molecule has 0 spiro atoms. The molecule has 8 aromatic rings. The van der Waals surface area contributed by atoms with Gasteiger partial charge in [-0.25, -0.2) is 9.97 Å². The molecule has 20 heteroatoms. The van der Waals surface area contributed by atoms with Crippen molar-refractivity contribution in [2.75, 3.05) is 0 Å². The molecule has 2 aliphatic rings. The number of aliphatic hydroxyl groups excluding tert-OH is 1. The molecule has 6 heterocycles. The van der Waals surface area contributed by atoms with Crippen LogP contribution in [0.2, 0.25) is 0 Å². The van der Waals surface area contributed by atoms with Gasteiger partial charge >= 0.3 is 12.6 Å². The van der Waals surface area contributed by atoms with Crippen LogP contribution in [0.1, 0.15) is 28.0 Å². The monoisotopic (exact) mass is 1000 g/mol. The number of ether oxygens (including phenoxy) is 4. The van der Waals surface area contributed by atoms with Crippen molar-refractivity contribution >= 4 is 38.1 Å². The van der Waals surface area contributed by atoms with Gasteiger partial charge in [-0.1, -0.05) is 44.0 Å². The Morgan fingerprint density at radius 2 is 1.06 bits per heavy atom. The third kappa shape index (κ3) is 8.14. The number of aliphatic hydroxyl groups is 1. The molecule has 0 atom stereocenters. The van der Waals surface area contributed by atoms with Crippen molar-refractivity contribution < 1.29 is 55.2 Å². The molecule has 326 valence electrons. The van der Waals surface area contributed by atoms with Crippen LogP contribution >= 0.6 is 31.9 Å². The summed E-state index contributed by atoms with van der Waals surface area (Å²) >= 11 is 6.98. The highest BCUT2D eigenvalue weighted by molar-refractivity contribution is 9.10. The first kappa shape index (κ1) is 42.5. The number of hydrogen-bond acceptors (Lipinski definition) is 12. The second-order valence-corrected chi connectivity index (χ2v) is 16.2. The highest BCUT2D eigenvalue weighted by Crippen LogP contribution is 2.47. The fourth-order valence-corrected chi connectivity index (χ4v) is 8.04. The highest BCUT2D eigenvalue weighted by Gasteiger charge is 2.44. The van der Waals surface area contributed by atoms with Crippen LogP contribution in [-0.4, -0.2) is 53.5 Å². The molecule has 0 amide bonds. The molecule has 4 aromatic heterocycles. The van der Waals surface area contributed by atoms with E-state index in [2.05, 4.69) is 71.0 Å². The summed E-state index contributed by atoms with van der Waals surface area (Å²) < 4.78 is 88.8. The number of nitrogens with zero attached hydrogens (tertiary/aromatic N) is 6. The predicted molar refractivity (Wildman–Crippen MR) is 228 cm³/mol. The lowest BCUT2D eigenvalue weighted by atomic mass is 9.98. The standard InChI is InChI=1S/C22H16BrF2N3O4.C22H14BrF2N3O4/c2*1-11-26-20(12-3-6-18-19(7-12)32-22(24,25)31-18)21(30-11)16-8-13(23)4-5-15(16)17-9-14(10-29)27-28(17)2/h3-9,29H,10H2,1-2H3;3-10H,1-2H3. The molecule has 10 rings (SSSR count). The topological polar surface area (TPSA) is 162 Å². The number of aldehydes is 1. The van der Waals surface area contributed by atoms with Gasteiger partial charge in [-0.05, 0) is 72.8 Å². The molecule has 0 saturated heterocycles. The normalized spacial score (nSPS) is 14.1. The zero-order valence-electron chi connectivity index (χ0n) is 33.6. The van der Waals surface area contributed by atoms with Gasteiger partial charge in [0.2, 0.25) is 0 Å². The van der Waals surface area contributed by atoms with E-state index < -0.39 is 12.6 Å². The minimum atomic E-state index is -3.71. The van der Waals surface area contributed by atoms with E-state index in [1.165, 1.54) is 24.3 Å². The smallest absolute Gasteiger partial charge is 0.440 e. The molecule has 14 nitrogen and oxygen atoms in total. The van der Waals surface area contributed by atoms with Crippen LogP contribution in [0.5, 0.6) is 23.0 Å². The number of carbonyl (C=O) groups excluding carboxylic acids is 1. The zero-order chi connectivity index (χ0) is 45.2. The van der Waals surface area contributed by atoms with Crippen LogP contribution in [-0.2, 0) is 20.7 Å². The Bertz CT molecular complexity index is 3140. The van der Waals surface area contributed by atoms with E-state index in [0.717, 1.165) is 25.8 Å². The predicted octanol–water partition coefficient (Wildman–Crippen LogP) is 10.9. The molecule has 0 aliphatic carbocycles. The van der Waals surface area contributed by atoms with Crippen LogP contribution in [0, 0.1) is 13.8 Å². The maximum absolute atomic E-state index is 13.5. The largest absolute Gasteiger partial charge is 0.586 e. The maximum Gasteiger partial charge on any atom is 0.586 e.